The minimum atomic E-state index is -0.585. The lowest BCUT2D eigenvalue weighted by atomic mass is 9.88. The van der Waals surface area contributed by atoms with Crippen LogP contribution in [0.1, 0.15) is 37.6 Å². The van der Waals surface area contributed by atoms with Crippen molar-refractivity contribution >= 4 is 17.2 Å². The van der Waals surface area contributed by atoms with Crippen molar-refractivity contribution < 1.29 is 9.90 Å². The molecule has 1 heterocycles. The van der Waals surface area contributed by atoms with Crippen LogP contribution in [0.25, 0.3) is 0 Å². The van der Waals surface area contributed by atoms with E-state index in [4.69, 9.17) is 10.8 Å². The Morgan fingerprint density at radius 3 is 2.89 bits per heavy atom. The molecule has 0 saturated heterocycles. The highest BCUT2D eigenvalue weighted by Gasteiger charge is 2.21. The quantitative estimate of drug-likeness (QED) is 0.705. The summed E-state index contributed by atoms with van der Waals surface area (Å²) in [4.78, 5) is 12.8. The van der Waals surface area contributed by atoms with Crippen LogP contribution in [-0.4, -0.2) is 24.2 Å². The maximum absolute atomic E-state index is 11.9. The van der Waals surface area contributed by atoms with E-state index in [1.165, 1.54) is 11.3 Å². The third-order valence-corrected chi connectivity index (χ3v) is 3.84. The van der Waals surface area contributed by atoms with Gasteiger partial charge in [-0.1, -0.05) is 19.9 Å². The van der Waals surface area contributed by atoms with Crippen molar-refractivity contribution in [1.29, 1.82) is 0 Å². The highest BCUT2D eigenvalue weighted by molar-refractivity contribution is 7.10. The van der Waals surface area contributed by atoms with Gasteiger partial charge in [0.05, 0.1) is 0 Å². The van der Waals surface area contributed by atoms with Crippen LogP contribution in [0.4, 0.5) is 0 Å². The van der Waals surface area contributed by atoms with Gasteiger partial charge in [0.2, 0.25) is 5.91 Å². The number of thiophene rings is 1. The summed E-state index contributed by atoms with van der Waals surface area (Å²) in [6.07, 6.45) is 1.62. The third-order valence-electron chi connectivity index (χ3n) is 2.89. The lowest BCUT2D eigenvalue weighted by Gasteiger charge is -2.25. The number of rotatable bonds is 7. The van der Waals surface area contributed by atoms with E-state index in [-0.39, 0.29) is 17.9 Å². The van der Waals surface area contributed by atoms with E-state index in [9.17, 15) is 4.79 Å². The van der Waals surface area contributed by atoms with Crippen molar-refractivity contribution in [3.63, 3.8) is 0 Å². The Bertz CT molecular complexity index is 363. The number of carbonyl (C=O) groups excluding carboxylic acids is 1. The Hall–Kier alpha value is -0.910. The summed E-state index contributed by atoms with van der Waals surface area (Å²) in [5.41, 5.74) is 5.85. The molecule has 1 rings (SSSR count). The highest BCUT2D eigenvalue weighted by atomic mass is 32.1. The molecular weight excluding hydrogens is 248 g/mol. The van der Waals surface area contributed by atoms with Gasteiger partial charge < -0.3 is 16.2 Å². The molecule has 1 aromatic heterocycles. The zero-order valence-electron chi connectivity index (χ0n) is 11.0. The number of nitrogens with two attached hydrogens (primary N) is 1. The second kappa shape index (κ2) is 6.87. The van der Waals surface area contributed by atoms with E-state index in [0.29, 0.717) is 6.54 Å². The van der Waals surface area contributed by atoms with Crippen LogP contribution < -0.4 is 11.1 Å². The molecule has 1 aromatic rings. The molecule has 0 saturated carbocycles. The Morgan fingerprint density at radius 1 is 1.61 bits per heavy atom. The van der Waals surface area contributed by atoms with Crippen molar-refractivity contribution in [2.75, 3.05) is 13.2 Å². The standard InChI is InChI=1S/C13H22N2O2S/c1-13(2,6-4-7-16)9-15-12(17)11(14)10-5-3-8-18-10/h3,5,8,11,16H,4,6-7,9,14H2,1-2H3,(H,15,17). The highest BCUT2D eigenvalue weighted by Crippen LogP contribution is 2.22. The first-order valence-electron chi connectivity index (χ1n) is 6.14. The van der Waals surface area contributed by atoms with Crippen molar-refractivity contribution in [2.24, 2.45) is 11.1 Å². The van der Waals surface area contributed by atoms with E-state index in [1.807, 2.05) is 17.5 Å². The van der Waals surface area contributed by atoms with E-state index < -0.39 is 6.04 Å². The fraction of sp³-hybridized carbons (Fsp3) is 0.615. The Morgan fingerprint density at radius 2 is 2.33 bits per heavy atom. The number of hydrogen-bond donors (Lipinski definition) is 3. The number of aliphatic hydroxyl groups is 1. The minimum Gasteiger partial charge on any atom is -0.396 e. The average molecular weight is 270 g/mol. The normalized spacial score (nSPS) is 13.3. The van der Waals surface area contributed by atoms with Crippen LogP contribution in [0.2, 0.25) is 0 Å². The Kier molecular flexibility index (Phi) is 5.78. The molecule has 0 aliphatic heterocycles. The lowest BCUT2D eigenvalue weighted by molar-refractivity contribution is -0.122. The molecule has 102 valence electrons. The van der Waals surface area contributed by atoms with Crippen LogP contribution in [0.15, 0.2) is 17.5 Å². The summed E-state index contributed by atoms with van der Waals surface area (Å²) in [5, 5.41) is 13.6. The van der Waals surface area contributed by atoms with Gasteiger partial charge in [0.1, 0.15) is 6.04 Å². The van der Waals surface area contributed by atoms with Gasteiger partial charge in [-0.3, -0.25) is 4.79 Å². The summed E-state index contributed by atoms with van der Waals surface area (Å²) in [6.45, 7) is 4.90. The molecule has 18 heavy (non-hydrogen) atoms. The summed E-state index contributed by atoms with van der Waals surface area (Å²) in [6, 6.07) is 3.17. The summed E-state index contributed by atoms with van der Waals surface area (Å²) in [5.74, 6) is -0.144. The number of aliphatic hydroxyl groups excluding tert-OH is 1. The number of hydrogen-bond acceptors (Lipinski definition) is 4. The number of carbonyl (C=O) groups is 1. The second-order valence-corrected chi connectivity index (χ2v) is 6.18. The van der Waals surface area contributed by atoms with Crippen LogP contribution in [0.3, 0.4) is 0 Å². The van der Waals surface area contributed by atoms with Gasteiger partial charge in [0, 0.05) is 18.0 Å². The van der Waals surface area contributed by atoms with Gasteiger partial charge in [-0.15, -0.1) is 11.3 Å². The van der Waals surface area contributed by atoms with Gasteiger partial charge in [-0.05, 0) is 29.7 Å². The molecule has 0 radical (unpaired) electrons. The monoisotopic (exact) mass is 270 g/mol. The second-order valence-electron chi connectivity index (χ2n) is 5.20. The predicted octanol–water partition coefficient (Wildman–Crippen LogP) is 1.66. The van der Waals surface area contributed by atoms with Crippen molar-refractivity contribution in [2.45, 2.75) is 32.7 Å². The van der Waals surface area contributed by atoms with Crippen molar-refractivity contribution in [3.8, 4) is 0 Å². The summed E-state index contributed by atoms with van der Waals surface area (Å²) < 4.78 is 0. The fourth-order valence-electron chi connectivity index (χ4n) is 1.68. The molecule has 0 spiro atoms. The van der Waals surface area contributed by atoms with Crippen molar-refractivity contribution in [3.05, 3.63) is 22.4 Å². The molecule has 1 unspecified atom stereocenters. The fourth-order valence-corrected chi connectivity index (χ4v) is 2.40. The summed E-state index contributed by atoms with van der Waals surface area (Å²) in [7, 11) is 0. The molecule has 0 fully saturated rings. The maximum Gasteiger partial charge on any atom is 0.242 e. The largest absolute Gasteiger partial charge is 0.396 e. The van der Waals surface area contributed by atoms with Crippen LogP contribution in [0.5, 0.6) is 0 Å². The van der Waals surface area contributed by atoms with E-state index in [0.717, 1.165) is 17.7 Å². The lowest BCUT2D eigenvalue weighted by Crippen LogP contribution is -2.39. The Balaban J connectivity index is 2.41. The predicted molar refractivity (Wildman–Crippen MR) is 74.4 cm³/mol. The van der Waals surface area contributed by atoms with Crippen molar-refractivity contribution in [1.82, 2.24) is 5.32 Å². The average Bonchev–Trinajstić information content (AvgIpc) is 2.86. The first-order chi connectivity index (χ1) is 8.46. The van der Waals surface area contributed by atoms with Crippen LogP contribution in [0, 0.1) is 5.41 Å². The molecule has 5 heteroatoms. The maximum atomic E-state index is 11.9. The third kappa shape index (κ3) is 4.76. The molecule has 4 N–H and O–H groups in total. The molecule has 0 bridgehead atoms. The van der Waals surface area contributed by atoms with Crippen LogP contribution in [-0.2, 0) is 4.79 Å². The molecule has 1 atom stereocenters. The first kappa shape index (κ1) is 15.1. The SMILES string of the molecule is CC(C)(CCCO)CNC(=O)C(N)c1cccs1. The van der Waals surface area contributed by atoms with Gasteiger partial charge in [-0.25, -0.2) is 0 Å². The number of amides is 1. The molecule has 4 nitrogen and oxygen atoms in total. The topological polar surface area (TPSA) is 75.3 Å². The molecular formula is C13H22N2O2S. The van der Waals surface area contributed by atoms with Gasteiger partial charge in [0.25, 0.3) is 0 Å². The summed E-state index contributed by atoms with van der Waals surface area (Å²) >= 11 is 1.49. The molecule has 0 aliphatic carbocycles. The smallest absolute Gasteiger partial charge is 0.242 e. The van der Waals surface area contributed by atoms with Gasteiger partial charge in [-0.2, -0.15) is 0 Å². The first-order valence-corrected chi connectivity index (χ1v) is 7.02. The number of nitrogens with one attached hydrogen (secondary N) is 1. The molecule has 1 amide bonds. The molecule has 0 aliphatic rings. The van der Waals surface area contributed by atoms with Crippen LogP contribution >= 0.6 is 11.3 Å². The molecule has 0 aromatic carbocycles. The zero-order valence-corrected chi connectivity index (χ0v) is 11.8. The minimum absolute atomic E-state index is 0.0203. The van der Waals surface area contributed by atoms with E-state index in [1.54, 1.807) is 0 Å². The van der Waals surface area contributed by atoms with E-state index >= 15 is 0 Å². The zero-order chi connectivity index (χ0) is 13.6. The van der Waals surface area contributed by atoms with Gasteiger partial charge in [0.15, 0.2) is 0 Å². The van der Waals surface area contributed by atoms with E-state index in [2.05, 4.69) is 19.2 Å². The Labute approximate surface area is 112 Å². The van der Waals surface area contributed by atoms with Gasteiger partial charge >= 0.3 is 0 Å².